The highest BCUT2D eigenvalue weighted by molar-refractivity contribution is 5.84. The summed E-state index contributed by atoms with van der Waals surface area (Å²) in [5.41, 5.74) is -0.570. The highest BCUT2D eigenvalue weighted by Crippen LogP contribution is 2.48. The molecule has 8 nitrogen and oxygen atoms in total. The predicted molar refractivity (Wildman–Crippen MR) is 135 cm³/mol. The van der Waals surface area contributed by atoms with Crippen LogP contribution in [0.25, 0.3) is 16.6 Å². The molecule has 0 radical (unpaired) electrons. The second-order valence-corrected chi connectivity index (χ2v) is 10.7. The smallest absolute Gasteiger partial charge is 0.390 e. The molecule has 206 valence electrons. The average Bonchev–Trinajstić information content (AvgIpc) is 3.47. The van der Waals surface area contributed by atoms with Crippen LogP contribution in [0.4, 0.5) is 17.6 Å². The first kappa shape index (κ1) is 25.8. The number of H-pyrrole nitrogens is 1. The molecule has 1 aliphatic heterocycles. The molecule has 0 unspecified atom stereocenters. The Labute approximate surface area is 220 Å². The minimum Gasteiger partial charge on any atom is -0.390 e. The number of aromatic amines is 1. The van der Waals surface area contributed by atoms with E-state index in [2.05, 4.69) is 15.2 Å². The number of pyridine rings is 1. The zero-order valence-corrected chi connectivity index (χ0v) is 21.2. The minimum atomic E-state index is -4.71. The first-order valence-electron chi connectivity index (χ1n) is 12.9. The van der Waals surface area contributed by atoms with Crippen LogP contribution in [0.15, 0.2) is 47.7 Å². The van der Waals surface area contributed by atoms with Crippen LogP contribution < -0.4 is 5.56 Å². The molecule has 2 atom stereocenters. The number of aromatic nitrogens is 5. The van der Waals surface area contributed by atoms with Crippen molar-refractivity contribution in [2.45, 2.75) is 56.1 Å². The van der Waals surface area contributed by atoms with Crippen molar-refractivity contribution in [1.29, 1.82) is 0 Å². The maximum absolute atomic E-state index is 14.2. The summed E-state index contributed by atoms with van der Waals surface area (Å²) in [5, 5.41) is 17.7. The van der Waals surface area contributed by atoms with Crippen LogP contribution in [0, 0.1) is 0 Å². The zero-order chi connectivity index (χ0) is 27.5. The van der Waals surface area contributed by atoms with Crippen molar-refractivity contribution in [2.24, 2.45) is 7.05 Å². The lowest BCUT2D eigenvalue weighted by Crippen LogP contribution is -2.44. The van der Waals surface area contributed by atoms with Crippen LogP contribution in [-0.4, -0.2) is 59.7 Å². The molecule has 2 N–H and O–H groups in total. The van der Waals surface area contributed by atoms with E-state index >= 15 is 0 Å². The lowest BCUT2D eigenvalue weighted by molar-refractivity contribution is -0.136. The third-order valence-corrected chi connectivity index (χ3v) is 8.17. The standard InChI is InChI=1S/C27H28F4N6O2/c1-35-15-32-34-25(35)26(7-3-8-26)16-4-2-5-18(10-16)37-13-20(27(29,30)31)19-11-17(33-23(19)24(37)39)12-36-9-6-22(38)21(28)14-36/h2,4-5,10-11,13,15,21-22,33,38H,3,6-9,12,14H2,1H3/t21-,22+/m0/s1. The number of nitrogens with one attached hydrogen (secondary N) is 1. The number of halogens is 4. The summed E-state index contributed by atoms with van der Waals surface area (Å²) in [6.07, 6.45) is -1.87. The fourth-order valence-corrected chi connectivity index (χ4v) is 5.95. The van der Waals surface area contributed by atoms with Gasteiger partial charge >= 0.3 is 6.18 Å². The number of hydrogen-bond acceptors (Lipinski definition) is 5. The van der Waals surface area contributed by atoms with Crippen LogP contribution in [0.3, 0.4) is 0 Å². The Morgan fingerprint density at radius 2 is 2.03 bits per heavy atom. The van der Waals surface area contributed by atoms with Crippen LogP contribution in [0.5, 0.6) is 0 Å². The average molecular weight is 545 g/mol. The summed E-state index contributed by atoms with van der Waals surface area (Å²) in [7, 11) is 1.86. The van der Waals surface area contributed by atoms with Gasteiger partial charge < -0.3 is 14.7 Å². The zero-order valence-electron chi connectivity index (χ0n) is 21.2. The topological polar surface area (TPSA) is 92.0 Å². The van der Waals surface area contributed by atoms with Gasteiger partial charge in [0, 0.05) is 49.6 Å². The summed E-state index contributed by atoms with van der Waals surface area (Å²) in [6, 6.07) is 8.33. The molecule has 4 aromatic rings. The Bertz CT molecular complexity index is 1590. The van der Waals surface area contributed by atoms with Gasteiger partial charge in [0.2, 0.25) is 0 Å². The Morgan fingerprint density at radius 3 is 2.67 bits per heavy atom. The number of benzene rings is 1. The van der Waals surface area contributed by atoms with Gasteiger partial charge in [0.05, 0.1) is 17.1 Å². The molecule has 39 heavy (non-hydrogen) atoms. The van der Waals surface area contributed by atoms with Gasteiger partial charge in [-0.15, -0.1) is 10.2 Å². The number of aryl methyl sites for hydroxylation is 1. The van der Waals surface area contributed by atoms with E-state index < -0.39 is 35.0 Å². The van der Waals surface area contributed by atoms with Crippen molar-refractivity contribution in [3.8, 4) is 5.69 Å². The molecule has 1 saturated carbocycles. The summed E-state index contributed by atoms with van der Waals surface area (Å²) >= 11 is 0. The number of aliphatic hydroxyl groups is 1. The van der Waals surface area contributed by atoms with E-state index in [1.54, 1.807) is 29.4 Å². The summed E-state index contributed by atoms with van der Waals surface area (Å²) in [5.74, 6) is 0.777. The van der Waals surface area contributed by atoms with E-state index in [1.165, 1.54) is 6.07 Å². The fourth-order valence-electron chi connectivity index (χ4n) is 5.95. The number of likely N-dealkylation sites (tertiary alicyclic amines) is 1. The highest BCUT2D eigenvalue weighted by atomic mass is 19.4. The van der Waals surface area contributed by atoms with Crippen molar-refractivity contribution in [3.05, 3.63) is 75.9 Å². The Morgan fingerprint density at radius 1 is 1.23 bits per heavy atom. The third kappa shape index (κ3) is 4.35. The molecule has 1 aliphatic carbocycles. The quantitative estimate of drug-likeness (QED) is 0.373. The lowest BCUT2D eigenvalue weighted by atomic mass is 9.63. The summed E-state index contributed by atoms with van der Waals surface area (Å²) < 4.78 is 59.6. The van der Waals surface area contributed by atoms with Gasteiger partial charge in [-0.1, -0.05) is 18.6 Å². The summed E-state index contributed by atoms with van der Waals surface area (Å²) in [6.45, 7) is 0.495. The molecule has 12 heteroatoms. The lowest BCUT2D eigenvalue weighted by Gasteiger charge is -2.41. The van der Waals surface area contributed by atoms with E-state index in [1.807, 2.05) is 17.7 Å². The highest BCUT2D eigenvalue weighted by Gasteiger charge is 2.44. The number of hydrogen-bond donors (Lipinski definition) is 2. The number of rotatable bonds is 5. The van der Waals surface area contributed by atoms with Crippen LogP contribution in [-0.2, 0) is 25.2 Å². The van der Waals surface area contributed by atoms with Gasteiger partial charge in [-0.05, 0) is 43.0 Å². The van der Waals surface area contributed by atoms with Crippen LogP contribution >= 0.6 is 0 Å². The van der Waals surface area contributed by atoms with Crippen molar-refractivity contribution in [3.63, 3.8) is 0 Å². The molecule has 6 rings (SSSR count). The van der Waals surface area contributed by atoms with Gasteiger partial charge in [-0.25, -0.2) is 4.39 Å². The number of aliphatic hydroxyl groups excluding tert-OH is 1. The Kier molecular flexibility index (Phi) is 6.14. The Hall–Kier alpha value is -3.51. The van der Waals surface area contributed by atoms with Crippen molar-refractivity contribution in [1.82, 2.24) is 29.2 Å². The molecule has 0 amide bonds. The van der Waals surface area contributed by atoms with Crippen molar-refractivity contribution < 1.29 is 22.7 Å². The van der Waals surface area contributed by atoms with Crippen molar-refractivity contribution >= 4 is 10.9 Å². The van der Waals surface area contributed by atoms with E-state index in [9.17, 15) is 27.5 Å². The van der Waals surface area contributed by atoms with E-state index in [0.717, 1.165) is 41.4 Å². The summed E-state index contributed by atoms with van der Waals surface area (Å²) in [4.78, 5) is 18.2. The van der Waals surface area contributed by atoms with E-state index in [0.29, 0.717) is 17.9 Å². The molecule has 0 bridgehead atoms. The molecule has 1 aromatic carbocycles. The SMILES string of the molecule is Cn1cnnc1C1(c2cccc(-n3cc(C(F)(F)F)c4cc(CN5CC[C@@H](O)[C@@H](F)C5)[nH]c4c3=O)c2)CCC1. The Balaban J connectivity index is 1.43. The van der Waals surface area contributed by atoms with Crippen LogP contribution in [0.2, 0.25) is 0 Å². The molecule has 1 saturated heterocycles. The van der Waals surface area contributed by atoms with Gasteiger partial charge in [0.25, 0.3) is 5.56 Å². The number of fused-ring (bicyclic) bond motifs is 1. The van der Waals surface area contributed by atoms with Crippen LogP contribution in [0.1, 0.15) is 48.3 Å². The molecule has 2 aliphatic rings. The van der Waals surface area contributed by atoms with Gasteiger partial charge in [0.15, 0.2) is 0 Å². The molecule has 0 spiro atoms. The van der Waals surface area contributed by atoms with Gasteiger partial charge in [0.1, 0.15) is 23.8 Å². The molecular formula is C27H28F4N6O2. The monoisotopic (exact) mass is 544 g/mol. The fraction of sp³-hybridized carbons (Fsp3) is 0.444. The van der Waals surface area contributed by atoms with E-state index in [4.69, 9.17) is 0 Å². The second-order valence-electron chi connectivity index (χ2n) is 10.7. The normalized spacial score (nSPS) is 21.8. The number of nitrogens with zero attached hydrogens (tertiary/aromatic N) is 5. The number of alkyl halides is 4. The van der Waals surface area contributed by atoms with E-state index in [-0.39, 0.29) is 30.4 Å². The van der Waals surface area contributed by atoms with Gasteiger partial charge in [-0.3, -0.25) is 14.3 Å². The molecule has 3 aromatic heterocycles. The molecular weight excluding hydrogens is 516 g/mol. The molecule has 2 fully saturated rings. The second kappa shape index (κ2) is 9.30. The third-order valence-electron chi connectivity index (χ3n) is 8.17. The maximum Gasteiger partial charge on any atom is 0.418 e. The first-order chi connectivity index (χ1) is 18.6. The predicted octanol–water partition coefficient (Wildman–Crippen LogP) is 3.84. The maximum atomic E-state index is 14.2. The van der Waals surface area contributed by atoms with Gasteiger partial charge in [-0.2, -0.15) is 13.2 Å². The first-order valence-corrected chi connectivity index (χ1v) is 12.9. The molecule has 4 heterocycles. The minimum absolute atomic E-state index is 0.0348. The largest absolute Gasteiger partial charge is 0.418 e. The van der Waals surface area contributed by atoms with Crippen molar-refractivity contribution in [2.75, 3.05) is 13.1 Å². The number of piperidine rings is 1.